The van der Waals surface area contributed by atoms with Crippen molar-refractivity contribution < 1.29 is 22.7 Å². The summed E-state index contributed by atoms with van der Waals surface area (Å²) in [6.45, 7) is 0.397. The number of alkyl halides is 3. The van der Waals surface area contributed by atoms with E-state index < -0.39 is 22.7 Å². The van der Waals surface area contributed by atoms with E-state index in [9.17, 15) is 22.8 Å². The number of halogens is 3. The zero-order valence-corrected chi connectivity index (χ0v) is 19.9. The largest absolute Gasteiger partial charge is 0.497 e. The Morgan fingerprint density at radius 1 is 1.20 bits per heavy atom. The lowest BCUT2D eigenvalue weighted by molar-refractivity contribution is -0.136. The van der Waals surface area contributed by atoms with E-state index in [4.69, 9.17) is 4.74 Å². The van der Waals surface area contributed by atoms with Gasteiger partial charge < -0.3 is 15.0 Å². The van der Waals surface area contributed by atoms with E-state index in [-0.39, 0.29) is 28.2 Å². The zero-order chi connectivity index (χ0) is 25.0. The van der Waals surface area contributed by atoms with Gasteiger partial charge in [-0.25, -0.2) is 9.97 Å². The minimum Gasteiger partial charge on any atom is -0.497 e. The van der Waals surface area contributed by atoms with Crippen LogP contribution in [-0.4, -0.2) is 40.3 Å². The molecule has 3 aromatic heterocycles. The Balaban J connectivity index is 1.47. The summed E-state index contributed by atoms with van der Waals surface area (Å²) in [5, 5.41) is 3.86. The Bertz CT molecular complexity index is 1390. The number of carbonyl (C=O) groups is 1. The SMILES string of the molecule is COc1ccc(CCNC(=O)CSc2nc3nc(-c4cccs4)cc(C(F)(F)F)c3c(=O)[nH]2)cc1. The number of aromatic amines is 1. The maximum absolute atomic E-state index is 13.7. The summed E-state index contributed by atoms with van der Waals surface area (Å²) in [6.07, 6.45) is -4.15. The van der Waals surface area contributed by atoms with Crippen LogP contribution < -0.4 is 15.6 Å². The smallest absolute Gasteiger partial charge is 0.417 e. The molecule has 35 heavy (non-hydrogen) atoms. The highest BCUT2D eigenvalue weighted by Crippen LogP contribution is 2.36. The third kappa shape index (κ3) is 6.01. The molecular formula is C23H19F3N4O3S2. The molecule has 0 aliphatic carbocycles. The van der Waals surface area contributed by atoms with Crippen LogP contribution in [0.2, 0.25) is 0 Å². The number of pyridine rings is 1. The second-order valence-corrected chi connectivity index (χ2v) is 9.25. The van der Waals surface area contributed by atoms with Crippen LogP contribution in [0.5, 0.6) is 5.75 Å². The average Bonchev–Trinajstić information content (AvgIpc) is 3.37. The van der Waals surface area contributed by atoms with E-state index in [2.05, 4.69) is 20.3 Å². The molecule has 7 nitrogen and oxygen atoms in total. The van der Waals surface area contributed by atoms with Gasteiger partial charge in [0, 0.05) is 6.54 Å². The number of methoxy groups -OCH3 is 1. The van der Waals surface area contributed by atoms with Gasteiger partial charge in [0.25, 0.3) is 5.56 Å². The number of thiophene rings is 1. The number of ether oxygens (including phenoxy) is 1. The maximum atomic E-state index is 13.7. The van der Waals surface area contributed by atoms with E-state index in [0.717, 1.165) is 29.1 Å². The molecule has 12 heteroatoms. The van der Waals surface area contributed by atoms with Crippen molar-refractivity contribution in [2.75, 3.05) is 19.4 Å². The second-order valence-electron chi connectivity index (χ2n) is 7.34. The quantitative estimate of drug-likeness (QED) is 0.262. The predicted octanol–water partition coefficient (Wildman–Crippen LogP) is 4.53. The van der Waals surface area contributed by atoms with Crippen LogP contribution in [0.25, 0.3) is 21.6 Å². The standard InChI is InChI=1S/C23H19F3N4O3S2/c1-33-14-6-4-13(5-7-14)8-9-27-18(31)12-35-22-29-20-19(21(32)30-22)15(23(24,25)26)11-16(28-20)17-3-2-10-34-17/h2-7,10-11H,8-9,12H2,1H3,(H,27,31)(H,28,29,30,32). The van der Waals surface area contributed by atoms with E-state index >= 15 is 0 Å². The first kappa shape index (κ1) is 24.7. The van der Waals surface area contributed by atoms with Gasteiger partial charge in [0.15, 0.2) is 10.8 Å². The van der Waals surface area contributed by atoms with Crippen molar-refractivity contribution in [3.05, 3.63) is 69.3 Å². The van der Waals surface area contributed by atoms with Gasteiger partial charge in [-0.05, 0) is 41.6 Å². The third-order valence-electron chi connectivity index (χ3n) is 4.97. The highest BCUT2D eigenvalue weighted by molar-refractivity contribution is 7.99. The van der Waals surface area contributed by atoms with Crippen LogP contribution in [0.3, 0.4) is 0 Å². The molecule has 0 aliphatic rings. The highest BCUT2D eigenvalue weighted by Gasteiger charge is 2.35. The van der Waals surface area contributed by atoms with E-state index in [1.165, 1.54) is 11.3 Å². The number of benzene rings is 1. The van der Waals surface area contributed by atoms with Crippen molar-refractivity contribution >= 4 is 40.0 Å². The van der Waals surface area contributed by atoms with Crippen molar-refractivity contribution in [3.8, 4) is 16.3 Å². The van der Waals surface area contributed by atoms with Gasteiger partial charge >= 0.3 is 6.18 Å². The van der Waals surface area contributed by atoms with Crippen LogP contribution >= 0.6 is 23.1 Å². The molecule has 0 saturated carbocycles. The number of H-pyrrole nitrogens is 1. The van der Waals surface area contributed by atoms with Crippen molar-refractivity contribution in [2.24, 2.45) is 0 Å². The summed E-state index contributed by atoms with van der Waals surface area (Å²) in [7, 11) is 1.58. The number of fused-ring (bicyclic) bond motifs is 1. The van der Waals surface area contributed by atoms with E-state index in [0.29, 0.717) is 17.8 Å². The van der Waals surface area contributed by atoms with Crippen LogP contribution in [0.15, 0.2) is 57.8 Å². The predicted molar refractivity (Wildman–Crippen MR) is 129 cm³/mol. The topological polar surface area (TPSA) is 97.0 Å². The third-order valence-corrected chi connectivity index (χ3v) is 6.73. The minimum atomic E-state index is -4.76. The summed E-state index contributed by atoms with van der Waals surface area (Å²) in [5.74, 6) is 0.362. The fourth-order valence-electron chi connectivity index (χ4n) is 3.29. The molecule has 0 bridgehead atoms. The van der Waals surface area contributed by atoms with Crippen LogP contribution in [-0.2, 0) is 17.4 Å². The van der Waals surface area contributed by atoms with Gasteiger partial charge in [-0.2, -0.15) is 13.2 Å². The van der Waals surface area contributed by atoms with Gasteiger partial charge in [-0.1, -0.05) is 30.0 Å². The number of nitrogens with zero attached hydrogens (tertiary/aromatic N) is 2. The molecule has 4 aromatic rings. The van der Waals surface area contributed by atoms with Crippen LogP contribution in [0, 0.1) is 0 Å². The number of thioether (sulfide) groups is 1. The molecule has 0 fully saturated rings. The molecule has 0 saturated heterocycles. The number of aromatic nitrogens is 3. The first-order chi connectivity index (χ1) is 16.7. The molecule has 2 N–H and O–H groups in total. The summed E-state index contributed by atoms with van der Waals surface area (Å²) in [4.78, 5) is 35.9. The molecule has 0 radical (unpaired) electrons. The first-order valence-corrected chi connectivity index (χ1v) is 12.2. The number of amides is 1. The van der Waals surface area contributed by atoms with Gasteiger partial charge in [0.1, 0.15) is 5.75 Å². The Morgan fingerprint density at radius 2 is 1.97 bits per heavy atom. The number of hydrogen-bond donors (Lipinski definition) is 2. The highest BCUT2D eigenvalue weighted by atomic mass is 32.2. The lowest BCUT2D eigenvalue weighted by atomic mass is 10.1. The molecule has 0 spiro atoms. The molecule has 0 atom stereocenters. The summed E-state index contributed by atoms with van der Waals surface area (Å²) in [6, 6.07) is 11.6. The summed E-state index contributed by atoms with van der Waals surface area (Å²) >= 11 is 2.14. The van der Waals surface area contributed by atoms with Gasteiger partial charge in [-0.3, -0.25) is 9.59 Å². The van der Waals surface area contributed by atoms with Gasteiger partial charge in [0.2, 0.25) is 5.91 Å². The molecule has 4 rings (SSSR count). The number of nitrogens with one attached hydrogen (secondary N) is 2. The summed E-state index contributed by atoms with van der Waals surface area (Å²) < 4.78 is 46.2. The Labute approximate surface area is 205 Å². The Kier molecular flexibility index (Phi) is 7.41. The van der Waals surface area contributed by atoms with Crippen molar-refractivity contribution in [3.63, 3.8) is 0 Å². The van der Waals surface area contributed by atoms with Crippen molar-refractivity contribution in [1.29, 1.82) is 0 Å². The second kappa shape index (κ2) is 10.5. The minimum absolute atomic E-state index is 0.0109. The van der Waals surface area contributed by atoms with Crippen LogP contribution in [0.4, 0.5) is 13.2 Å². The van der Waals surface area contributed by atoms with Gasteiger partial charge in [0.05, 0.1) is 34.4 Å². The van der Waals surface area contributed by atoms with E-state index in [1.54, 1.807) is 24.6 Å². The monoisotopic (exact) mass is 520 g/mol. The molecule has 0 unspecified atom stereocenters. The number of carbonyl (C=O) groups excluding carboxylic acids is 1. The lowest BCUT2D eigenvalue weighted by Gasteiger charge is -2.12. The normalized spacial score (nSPS) is 11.5. The van der Waals surface area contributed by atoms with E-state index in [1.807, 2.05) is 24.3 Å². The average molecular weight is 521 g/mol. The number of rotatable bonds is 8. The summed E-state index contributed by atoms with van der Waals surface area (Å²) in [5.41, 5.74) is -1.30. The molecule has 1 amide bonds. The van der Waals surface area contributed by atoms with Gasteiger partial charge in [-0.15, -0.1) is 11.3 Å². The molecular weight excluding hydrogens is 501 g/mol. The number of hydrogen-bond acceptors (Lipinski definition) is 7. The first-order valence-electron chi connectivity index (χ1n) is 10.3. The molecule has 3 heterocycles. The zero-order valence-electron chi connectivity index (χ0n) is 18.3. The van der Waals surface area contributed by atoms with Crippen molar-refractivity contribution in [2.45, 2.75) is 17.8 Å². The maximum Gasteiger partial charge on any atom is 0.417 e. The fraction of sp³-hybridized carbons (Fsp3) is 0.217. The van der Waals surface area contributed by atoms with Crippen LogP contribution in [0.1, 0.15) is 11.1 Å². The molecule has 182 valence electrons. The molecule has 0 aliphatic heterocycles. The molecule has 1 aromatic carbocycles. The fourth-order valence-corrected chi connectivity index (χ4v) is 4.66. The lowest BCUT2D eigenvalue weighted by Crippen LogP contribution is -2.27. The Morgan fingerprint density at radius 3 is 2.63 bits per heavy atom. The van der Waals surface area contributed by atoms with Crippen molar-refractivity contribution in [1.82, 2.24) is 20.3 Å². The Hall–Kier alpha value is -3.38.